The summed E-state index contributed by atoms with van der Waals surface area (Å²) >= 11 is 2.93. The van der Waals surface area contributed by atoms with Crippen molar-refractivity contribution < 1.29 is 27.8 Å². The Morgan fingerprint density at radius 2 is 2.06 bits per heavy atom. The van der Waals surface area contributed by atoms with E-state index in [1.807, 2.05) is 0 Å². The Kier molecular flexibility index (Phi) is 5.24. The first-order valence-corrected chi connectivity index (χ1v) is 5.67. The lowest BCUT2D eigenvalue weighted by molar-refractivity contribution is -0.274. The third-order valence-corrected chi connectivity index (χ3v) is 2.46. The number of ether oxygens (including phenoxy) is 2. The summed E-state index contributed by atoms with van der Waals surface area (Å²) in [7, 11) is 0. The summed E-state index contributed by atoms with van der Waals surface area (Å²) in [6.07, 6.45) is -5.57. The van der Waals surface area contributed by atoms with Gasteiger partial charge in [0, 0.05) is 6.54 Å². The number of aliphatic hydroxyl groups excluding tert-OH is 1. The van der Waals surface area contributed by atoms with Crippen LogP contribution in [0, 0.1) is 0 Å². The zero-order valence-corrected chi connectivity index (χ0v) is 10.7. The summed E-state index contributed by atoms with van der Waals surface area (Å²) in [5, 5.41) is 9.16. The van der Waals surface area contributed by atoms with Gasteiger partial charge < -0.3 is 20.3 Å². The molecule has 0 aromatic heterocycles. The molecule has 0 aliphatic carbocycles. The fourth-order valence-electron chi connectivity index (χ4n) is 1.04. The maximum Gasteiger partial charge on any atom is 0.573 e. The Balaban J connectivity index is 2.67. The fourth-order valence-corrected chi connectivity index (χ4v) is 1.48. The average Bonchev–Trinajstić information content (AvgIpc) is 2.27. The first kappa shape index (κ1) is 15.1. The predicted octanol–water partition coefficient (Wildman–Crippen LogP) is 2.05. The van der Waals surface area contributed by atoms with Crippen LogP contribution in [0.1, 0.15) is 0 Å². The normalized spacial score (nSPS) is 13.2. The fraction of sp³-hybridized carbons (Fsp3) is 0.400. The first-order valence-electron chi connectivity index (χ1n) is 4.88. The number of alkyl halides is 3. The van der Waals surface area contributed by atoms with Gasteiger partial charge in [-0.2, -0.15) is 0 Å². The summed E-state index contributed by atoms with van der Waals surface area (Å²) in [5.74, 6) is -0.0712. The zero-order valence-electron chi connectivity index (χ0n) is 9.08. The molecule has 1 aromatic rings. The lowest BCUT2D eigenvalue weighted by Crippen LogP contribution is -2.26. The van der Waals surface area contributed by atoms with E-state index >= 15 is 0 Å². The van der Waals surface area contributed by atoms with E-state index in [9.17, 15) is 13.2 Å². The molecule has 102 valence electrons. The van der Waals surface area contributed by atoms with E-state index in [-0.39, 0.29) is 23.4 Å². The maximum absolute atomic E-state index is 12.0. The minimum atomic E-state index is -4.75. The molecule has 1 aromatic carbocycles. The molecule has 0 unspecified atom stereocenters. The number of hydrogen-bond acceptors (Lipinski definition) is 4. The minimum absolute atomic E-state index is 0.0381. The van der Waals surface area contributed by atoms with E-state index in [0.717, 1.165) is 6.07 Å². The monoisotopic (exact) mass is 329 g/mol. The van der Waals surface area contributed by atoms with E-state index in [1.165, 1.54) is 12.1 Å². The molecular weight excluding hydrogens is 319 g/mol. The van der Waals surface area contributed by atoms with Gasteiger partial charge in [-0.15, -0.1) is 13.2 Å². The van der Waals surface area contributed by atoms with Crippen LogP contribution in [0.15, 0.2) is 22.7 Å². The van der Waals surface area contributed by atoms with Gasteiger partial charge in [0.15, 0.2) is 0 Å². The topological polar surface area (TPSA) is 64.7 Å². The average molecular weight is 330 g/mol. The summed E-state index contributed by atoms with van der Waals surface area (Å²) in [6, 6.07) is 3.72. The Bertz CT molecular complexity index is 400. The highest BCUT2D eigenvalue weighted by Crippen LogP contribution is 2.33. The molecule has 0 aliphatic heterocycles. The second kappa shape index (κ2) is 6.26. The van der Waals surface area contributed by atoms with Gasteiger partial charge in [0.2, 0.25) is 0 Å². The molecule has 18 heavy (non-hydrogen) atoms. The standard InChI is InChI=1S/C10H11BrF3NO3/c11-8-3-7(17-5-6(16)4-15)1-2-9(8)18-10(12,13)14/h1-3,6,16H,4-5,15H2/t6-/m0/s1. The van der Waals surface area contributed by atoms with Crippen molar-refractivity contribution in [2.24, 2.45) is 5.73 Å². The van der Waals surface area contributed by atoms with Crippen LogP contribution in [0.4, 0.5) is 13.2 Å². The number of halogens is 4. The van der Waals surface area contributed by atoms with Gasteiger partial charge in [-0.05, 0) is 34.1 Å². The molecule has 0 bridgehead atoms. The predicted molar refractivity (Wildman–Crippen MR) is 61.4 cm³/mol. The van der Waals surface area contributed by atoms with Crippen molar-refractivity contribution in [3.8, 4) is 11.5 Å². The van der Waals surface area contributed by atoms with Gasteiger partial charge in [0.25, 0.3) is 0 Å². The van der Waals surface area contributed by atoms with Crippen LogP contribution in [0.2, 0.25) is 0 Å². The molecule has 0 spiro atoms. The van der Waals surface area contributed by atoms with Gasteiger partial charge in [-0.25, -0.2) is 0 Å². The van der Waals surface area contributed by atoms with E-state index in [2.05, 4.69) is 20.7 Å². The highest BCUT2D eigenvalue weighted by atomic mass is 79.9. The van der Waals surface area contributed by atoms with Crippen LogP contribution in [-0.4, -0.2) is 30.7 Å². The van der Waals surface area contributed by atoms with Crippen molar-refractivity contribution in [1.29, 1.82) is 0 Å². The van der Waals surface area contributed by atoms with Crippen LogP contribution in [0.3, 0.4) is 0 Å². The smallest absolute Gasteiger partial charge is 0.491 e. The molecule has 0 heterocycles. The number of rotatable bonds is 5. The van der Waals surface area contributed by atoms with Crippen LogP contribution in [0.25, 0.3) is 0 Å². The summed E-state index contributed by atoms with van der Waals surface area (Å²) in [4.78, 5) is 0. The molecule has 0 saturated heterocycles. The van der Waals surface area contributed by atoms with Crippen molar-refractivity contribution in [1.82, 2.24) is 0 Å². The molecule has 0 fully saturated rings. The van der Waals surface area contributed by atoms with Gasteiger partial charge >= 0.3 is 6.36 Å². The van der Waals surface area contributed by atoms with Gasteiger partial charge in [0.05, 0.1) is 4.47 Å². The highest BCUT2D eigenvalue weighted by molar-refractivity contribution is 9.10. The molecule has 1 atom stereocenters. The Morgan fingerprint density at radius 1 is 1.39 bits per heavy atom. The molecule has 0 amide bonds. The molecule has 4 nitrogen and oxygen atoms in total. The van der Waals surface area contributed by atoms with Crippen LogP contribution >= 0.6 is 15.9 Å². The van der Waals surface area contributed by atoms with Crippen LogP contribution in [0.5, 0.6) is 11.5 Å². The van der Waals surface area contributed by atoms with Crippen molar-refractivity contribution >= 4 is 15.9 Å². The Hall–Kier alpha value is -0.990. The second-order valence-electron chi connectivity index (χ2n) is 3.34. The molecule has 0 aliphatic rings. The van der Waals surface area contributed by atoms with Crippen molar-refractivity contribution in [3.63, 3.8) is 0 Å². The van der Waals surface area contributed by atoms with Crippen LogP contribution in [-0.2, 0) is 0 Å². The third kappa shape index (κ3) is 5.11. The molecule has 1 rings (SSSR count). The Morgan fingerprint density at radius 3 is 2.56 bits per heavy atom. The van der Waals surface area contributed by atoms with Crippen molar-refractivity contribution in [2.45, 2.75) is 12.5 Å². The lowest BCUT2D eigenvalue weighted by Gasteiger charge is -2.13. The Labute approximate surface area is 110 Å². The molecule has 0 saturated carbocycles. The van der Waals surface area contributed by atoms with Crippen LogP contribution < -0.4 is 15.2 Å². The zero-order chi connectivity index (χ0) is 13.8. The summed E-state index contributed by atoms with van der Waals surface area (Å²) in [5.41, 5.74) is 5.18. The number of nitrogens with two attached hydrogens (primary N) is 1. The van der Waals surface area contributed by atoms with Gasteiger partial charge in [-0.1, -0.05) is 0 Å². The quantitative estimate of drug-likeness (QED) is 0.867. The van der Waals surface area contributed by atoms with E-state index in [4.69, 9.17) is 15.6 Å². The van der Waals surface area contributed by atoms with Crippen molar-refractivity contribution in [2.75, 3.05) is 13.2 Å². The maximum atomic E-state index is 12.0. The van der Waals surface area contributed by atoms with Crippen molar-refractivity contribution in [3.05, 3.63) is 22.7 Å². The largest absolute Gasteiger partial charge is 0.573 e. The summed E-state index contributed by atoms with van der Waals surface area (Å²) < 4.78 is 45.0. The SMILES string of the molecule is NC[C@H](O)COc1ccc(OC(F)(F)F)c(Br)c1. The van der Waals surface area contributed by atoms with Gasteiger partial charge in [0.1, 0.15) is 24.2 Å². The molecule has 8 heteroatoms. The number of aliphatic hydroxyl groups is 1. The van der Waals surface area contributed by atoms with Gasteiger partial charge in [-0.3, -0.25) is 0 Å². The first-order chi connectivity index (χ1) is 8.31. The molecule has 0 radical (unpaired) electrons. The van der Waals surface area contributed by atoms with E-state index < -0.39 is 12.5 Å². The van der Waals surface area contributed by atoms with E-state index in [0.29, 0.717) is 5.75 Å². The molecule has 3 N–H and O–H groups in total. The summed E-state index contributed by atoms with van der Waals surface area (Å²) in [6.45, 7) is -0.00114. The third-order valence-electron chi connectivity index (χ3n) is 1.84. The highest BCUT2D eigenvalue weighted by Gasteiger charge is 2.31. The molecular formula is C10H11BrF3NO3. The lowest BCUT2D eigenvalue weighted by atomic mass is 10.3. The number of hydrogen-bond donors (Lipinski definition) is 2. The minimum Gasteiger partial charge on any atom is -0.491 e. The van der Waals surface area contributed by atoms with E-state index in [1.54, 1.807) is 0 Å². The second-order valence-corrected chi connectivity index (χ2v) is 4.19. The number of benzene rings is 1.